The summed E-state index contributed by atoms with van der Waals surface area (Å²) < 4.78 is 5.28. The van der Waals surface area contributed by atoms with E-state index in [1.807, 2.05) is 43.0 Å². The standard InChI is InChI=1S/C16H26N2O2/c1-3-20-13-6-10-16(19)18(12-7-11-17)15-9-5-4-8-14(15)2/h4-5,8-9H,3,6-7,10-13,17H2,1-2H3. The van der Waals surface area contributed by atoms with Gasteiger partial charge >= 0.3 is 0 Å². The van der Waals surface area contributed by atoms with Crippen molar-refractivity contribution in [2.45, 2.75) is 33.1 Å². The first-order chi connectivity index (χ1) is 9.70. The number of carbonyl (C=O) groups is 1. The second-order valence-electron chi connectivity index (χ2n) is 4.77. The van der Waals surface area contributed by atoms with Gasteiger partial charge in [0.15, 0.2) is 0 Å². The SMILES string of the molecule is CCOCCCC(=O)N(CCCN)c1ccccc1C. The number of rotatable bonds is 9. The number of para-hydroxylation sites is 1. The molecule has 0 spiro atoms. The fourth-order valence-corrected chi connectivity index (χ4v) is 2.10. The largest absolute Gasteiger partial charge is 0.382 e. The number of ether oxygens (including phenoxy) is 1. The van der Waals surface area contributed by atoms with Crippen molar-refractivity contribution in [2.75, 3.05) is 31.2 Å². The molecule has 0 atom stereocenters. The molecule has 1 amide bonds. The van der Waals surface area contributed by atoms with Gasteiger partial charge in [-0.05, 0) is 44.9 Å². The van der Waals surface area contributed by atoms with E-state index >= 15 is 0 Å². The van der Waals surface area contributed by atoms with Crippen LogP contribution in [0.3, 0.4) is 0 Å². The first kappa shape index (κ1) is 16.7. The highest BCUT2D eigenvalue weighted by atomic mass is 16.5. The van der Waals surface area contributed by atoms with Crippen molar-refractivity contribution in [3.63, 3.8) is 0 Å². The maximum absolute atomic E-state index is 12.4. The number of aryl methyl sites for hydroxylation is 1. The Kier molecular flexibility index (Phi) is 7.92. The number of carbonyl (C=O) groups excluding carboxylic acids is 1. The van der Waals surface area contributed by atoms with Crippen molar-refractivity contribution < 1.29 is 9.53 Å². The first-order valence-corrected chi connectivity index (χ1v) is 7.34. The molecule has 112 valence electrons. The third kappa shape index (κ3) is 5.31. The van der Waals surface area contributed by atoms with Gasteiger partial charge in [-0.15, -0.1) is 0 Å². The van der Waals surface area contributed by atoms with Crippen LogP contribution < -0.4 is 10.6 Å². The minimum absolute atomic E-state index is 0.146. The Morgan fingerprint density at radius 2 is 2.05 bits per heavy atom. The van der Waals surface area contributed by atoms with E-state index in [0.29, 0.717) is 32.7 Å². The summed E-state index contributed by atoms with van der Waals surface area (Å²) in [4.78, 5) is 14.2. The lowest BCUT2D eigenvalue weighted by atomic mass is 10.1. The maximum Gasteiger partial charge on any atom is 0.227 e. The van der Waals surface area contributed by atoms with Gasteiger partial charge in [0.25, 0.3) is 0 Å². The average Bonchev–Trinajstić information content (AvgIpc) is 2.46. The van der Waals surface area contributed by atoms with E-state index in [0.717, 1.165) is 24.1 Å². The van der Waals surface area contributed by atoms with Crippen LogP contribution in [-0.2, 0) is 9.53 Å². The predicted octanol–water partition coefficient (Wildman–Crippen LogP) is 2.49. The summed E-state index contributed by atoms with van der Waals surface area (Å²) in [5.41, 5.74) is 7.68. The van der Waals surface area contributed by atoms with Crippen LogP contribution in [0.2, 0.25) is 0 Å². The molecule has 0 fully saturated rings. The third-order valence-electron chi connectivity index (χ3n) is 3.18. The van der Waals surface area contributed by atoms with E-state index < -0.39 is 0 Å². The summed E-state index contributed by atoms with van der Waals surface area (Å²) in [6, 6.07) is 7.97. The van der Waals surface area contributed by atoms with Gasteiger partial charge in [-0.1, -0.05) is 18.2 Å². The Labute approximate surface area is 121 Å². The molecule has 20 heavy (non-hydrogen) atoms. The highest BCUT2D eigenvalue weighted by Gasteiger charge is 2.16. The molecule has 0 saturated heterocycles. The smallest absolute Gasteiger partial charge is 0.227 e. The van der Waals surface area contributed by atoms with Crippen LogP contribution in [0.1, 0.15) is 31.7 Å². The fraction of sp³-hybridized carbons (Fsp3) is 0.562. The second-order valence-corrected chi connectivity index (χ2v) is 4.77. The van der Waals surface area contributed by atoms with E-state index in [1.165, 1.54) is 0 Å². The number of benzene rings is 1. The summed E-state index contributed by atoms with van der Waals surface area (Å²) in [5, 5.41) is 0. The van der Waals surface area contributed by atoms with Gasteiger partial charge in [0.2, 0.25) is 5.91 Å². The number of nitrogens with zero attached hydrogens (tertiary/aromatic N) is 1. The predicted molar refractivity (Wildman–Crippen MR) is 82.9 cm³/mol. The van der Waals surface area contributed by atoms with Gasteiger partial charge < -0.3 is 15.4 Å². The molecular weight excluding hydrogens is 252 g/mol. The van der Waals surface area contributed by atoms with Gasteiger partial charge in [0, 0.05) is 31.9 Å². The molecule has 1 aromatic carbocycles. The van der Waals surface area contributed by atoms with E-state index in [1.54, 1.807) is 0 Å². The fourth-order valence-electron chi connectivity index (χ4n) is 2.10. The lowest BCUT2D eigenvalue weighted by Crippen LogP contribution is -2.33. The van der Waals surface area contributed by atoms with Crippen LogP contribution in [0, 0.1) is 6.92 Å². The Bertz CT molecular complexity index is 407. The van der Waals surface area contributed by atoms with Crippen LogP contribution in [0.25, 0.3) is 0 Å². The monoisotopic (exact) mass is 278 g/mol. The molecule has 0 aliphatic carbocycles. The summed E-state index contributed by atoms with van der Waals surface area (Å²) in [6.07, 6.45) is 2.09. The lowest BCUT2D eigenvalue weighted by molar-refractivity contribution is -0.119. The van der Waals surface area contributed by atoms with Crippen LogP contribution in [0.4, 0.5) is 5.69 Å². The quantitative estimate of drug-likeness (QED) is 0.706. The topological polar surface area (TPSA) is 55.6 Å². The molecule has 0 radical (unpaired) electrons. The zero-order valence-electron chi connectivity index (χ0n) is 12.6. The molecule has 0 aliphatic heterocycles. The van der Waals surface area contributed by atoms with Crippen molar-refractivity contribution in [1.82, 2.24) is 0 Å². The molecular formula is C16H26N2O2. The van der Waals surface area contributed by atoms with Gasteiger partial charge in [0.05, 0.1) is 0 Å². The molecule has 4 heteroatoms. The summed E-state index contributed by atoms with van der Waals surface area (Å²) in [6.45, 7) is 6.59. The molecule has 0 saturated carbocycles. The van der Waals surface area contributed by atoms with E-state index in [4.69, 9.17) is 10.5 Å². The van der Waals surface area contributed by atoms with E-state index in [9.17, 15) is 4.79 Å². The van der Waals surface area contributed by atoms with Crippen LogP contribution >= 0.6 is 0 Å². The van der Waals surface area contributed by atoms with E-state index in [2.05, 4.69) is 0 Å². The number of hydrogen-bond acceptors (Lipinski definition) is 3. The molecule has 0 unspecified atom stereocenters. The highest BCUT2D eigenvalue weighted by molar-refractivity contribution is 5.94. The molecule has 1 rings (SSSR count). The molecule has 2 N–H and O–H groups in total. The number of nitrogens with two attached hydrogens (primary N) is 1. The van der Waals surface area contributed by atoms with Gasteiger partial charge in [0.1, 0.15) is 0 Å². The van der Waals surface area contributed by atoms with Gasteiger partial charge in [-0.25, -0.2) is 0 Å². The molecule has 4 nitrogen and oxygen atoms in total. The Balaban J connectivity index is 2.68. The van der Waals surface area contributed by atoms with Crippen LogP contribution in [0.5, 0.6) is 0 Å². The third-order valence-corrected chi connectivity index (χ3v) is 3.18. The summed E-state index contributed by atoms with van der Waals surface area (Å²) in [5.74, 6) is 0.146. The highest BCUT2D eigenvalue weighted by Crippen LogP contribution is 2.20. The minimum atomic E-state index is 0.146. The second kappa shape index (κ2) is 9.50. The Morgan fingerprint density at radius 1 is 1.30 bits per heavy atom. The normalized spacial score (nSPS) is 10.6. The van der Waals surface area contributed by atoms with Crippen LogP contribution in [0.15, 0.2) is 24.3 Å². The van der Waals surface area contributed by atoms with Crippen molar-refractivity contribution in [2.24, 2.45) is 5.73 Å². The van der Waals surface area contributed by atoms with Gasteiger partial charge in [-0.2, -0.15) is 0 Å². The molecule has 0 bridgehead atoms. The Morgan fingerprint density at radius 3 is 2.70 bits per heavy atom. The van der Waals surface area contributed by atoms with Gasteiger partial charge in [-0.3, -0.25) is 4.79 Å². The van der Waals surface area contributed by atoms with Crippen molar-refractivity contribution in [3.8, 4) is 0 Å². The van der Waals surface area contributed by atoms with Crippen LogP contribution in [-0.4, -0.2) is 32.2 Å². The molecule has 1 aromatic rings. The molecule has 0 aromatic heterocycles. The maximum atomic E-state index is 12.4. The van der Waals surface area contributed by atoms with Crippen molar-refractivity contribution in [1.29, 1.82) is 0 Å². The first-order valence-electron chi connectivity index (χ1n) is 7.34. The number of hydrogen-bond donors (Lipinski definition) is 1. The summed E-state index contributed by atoms with van der Waals surface area (Å²) >= 11 is 0. The number of amides is 1. The average molecular weight is 278 g/mol. The minimum Gasteiger partial charge on any atom is -0.382 e. The van der Waals surface area contributed by atoms with Crippen molar-refractivity contribution in [3.05, 3.63) is 29.8 Å². The zero-order chi connectivity index (χ0) is 14.8. The lowest BCUT2D eigenvalue weighted by Gasteiger charge is -2.24. The zero-order valence-corrected chi connectivity index (χ0v) is 12.6. The number of anilines is 1. The van der Waals surface area contributed by atoms with E-state index in [-0.39, 0.29) is 5.91 Å². The van der Waals surface area contributed by atoms with Crippen molar-refractivity contribution >= 4 is 11.6 Å². The molecule has 0 heterocycles. The Hall–Kier alpha value is -1.39. The molecule has 0 aliphatic rings. The summed E-state index contributed by atoms with van der Waals surface area (Å²) in [7, 11) is 0.